The van der Waals surface area contributed by atoms with Crippen LogP contribution in [0.15, 0.2) is 18.2 Å². The molecule has 2 nitrogen and oxygen atoms in total. The van der Waals surface area contributed by atoms with E-state index in [1.54, 1.807) is 0 Å². The molecule has 2 rings (SSSR count). The van der Waals surface area contributed by atoms with E-state index in [0.717, 1.165) is 18.6 Å². The zero-order valence-corrected chi connectivity index (χ0v) is 10.4. The Bertz CT molecular complexity index is 375. The monoisotopic (exact) mass is 219 g/mol. The second kappa shape index (κ2) is 4.46. The van der Waals surface area contributed by atoms with Crippen LogP contribution in [0.5, 0.6) is 5.75 Å². The molecular formula is C14H21NO. The van der Waals surface area contributed by atoms with Gasteiger partial charge in [0.15, 0.2) is 0 Å². The molecule has 0 spiro atoms. The highest BCUT2D eigenvalue weighted by molar-refractivity contribution is 5.41. The summed E-state index contributed by atoms with van der Waals surface area (Å²) < 4.78 is 5.69. The van der Waals surface area contributed by atoms with E-state index in [-0.39, 0.29) is 6.04 Å². The molecule has 2 heteroatoms. The molecule has 2 N–H and O–H groups in total. The molecule has 1 aromatic rings. The lowest BCUT2D eigenvalue weighted by Gasteiger charge is -2.19. The van der Waals surface area contributed by atoms with Gasteiger partial charge < -0.3 is 10.5 Å². The fraction of sp³-hybridized carbons (Fsp3) is 0.571. The van der Waals surface area contributed by atoms with E-state index in [1.165, 1.54) is 11.1 Å². The van der Waals surface area contributed by atoms with Crippen molar-refractivity contribution in [2.45, 2.75) is 45.8 Å². The maximum Gasteiger partial charge on any atom is 0.123 e. The summed E-state index contributed by atoms with van der Waals surface area (Å²) in [6.45, 7) is 6.49. The Morgan fingerprint density at radius 2 is 2.25 bits per heavy atom. The van der Waals surface area contributed by atoms with Crippen LogP contribution >= 0.6 is 0 Å². The minimum Gasteiger partial charge on any atom is -0.490 e. The summed E-state index contributed by atoms with van der Waals surface area (Å²) in [5.74, 6) is 1.56. The molecule has 1 aliphatic rings. The van der Waals surface area contributed by atoms with E-state index in [9.17, 15) is 0 Å². The SMILES string of the molecule is CCC(C)C(N)c1ccc2c(c1)CC(C)O2. The number of hydrogen-bond acceptors (Lipinski definition) is 2. The quantitative estimate of drug-likeness (QED) is 0.848. The topological polar surface area (TPSA) is 35.2 Å². The Morgan fingerprint density at radius 3 is 2.94 bits per heavy atom. The predicted octanol–water partition coefficient (Wildman–Crippen LogP) is 3.06. The fourth-order valence-corrected chi connectivity index (χ4v) is 2.23. The molecule has 1 aromatic carbocycles. The summed E-state index contributed by atoms with van der Waals surface area (Å²) in [6.07, 6.45) is 2.44. The molecule has 0 bridgehead atoms. The first-order chi connectivity index (χ1) is 7.61. The average molecular weight is 219 g/mol. The van der Waals surface area contributed by atoms with Gasteiger partial charge in [-0.1, -0.05) is 32.4 Å². The highest BCUT2D eigenvalue weighted by Gasteiger charge is 2.21. The van der Waals surface area contributed by atoms with Crippen LogP contribution in [0.3, 0.4) is 0 Å². The molecule has 3 unspecified atom stereocenters. The summed E-state index contributed by atoms with van der Waals surface area (Å²) in [5, 5.41) is 0. The zero-order chi connectivity index (χ0) is 11.7. The first-order valence-electron chi connectivity index (χ1n) is 6.17. The van der Waals surface area contributed by atoms with Gasteiger partial charge in [0.25, 0.3) is 0 Å². The van der Waals surface area contributed by atoms with Gasteiger partial charge >= 0.3 is 0 Å². The van der Waals surface area contributed by atoms with Crippen molar-refractivity contribution >= 4 is 0 Å². The first-order valence-corrected chi connectivity index (χ1v) is 6.17. The lowest BCUT2D eigenvalue weighted by molar-refractivity contribution is 0.254. The second-order valence-corrected chi connectivity index (χ2v) is 4.91. The van der Waals surface area contributed by atoms with Gasteiger partial charge in [-0.05, 0) is 30.0 Å². The summed E-state index contributed by atoms with van der Waals surface area (Å²) in [5.41, 5.74) is 8.79. The molecule has 3 atom stereocenters. The molecule has 0 fully saturated rings. The van der Waals surface area contributed by atoms with E-state index < -0.39 is 0 Å². The second-order valence-electron chi connectivity index (χ2n) is 4.91. The van der Waals surface area contributed by atoms with Crippen molar-refractivity contribution in [3.8, 4) is 5.75 Å². The summed E-state index contributed by atoms with van der Waals surface area (Å²) in [4.78, 5) is 0. The number of nitrogens with two attached hydrogens (primary N) is 1. The van der Waals surface area contributed by atoms with Crippen molar-refractivity contribution in [3.63, 3.8) is 0 Å². The Kier molecular flexibility index (Phi) is 3.20. The molecule has 0 aliphatic carbocycles. The Morgan fingerprint density at radius 1 is 1.50 bits per heavy atom. The molecule has 0 radical (unpaired) electrons. The van der Waals surface area contributed by atoms with Crippen LogP contribution < -0.4 is 10.5 Å². The molecule has 0 aromatic heterocycles. The third-order valence-electron chi connectivity index (χ3n) is 3.56. The van der Waals surface area contributed by atoms with Gasteiger partial charge in [-0.15, -0.1) is 0 Å². The van der Waals surface area contributed by atoms with Crippen molar-refractivity contribution in [1.82, 2.24) is 0 Å². The van der Waals surface area contributed by atoms with Gasteiger partial charge in [-0.2, -0.15) is 0 Å². The molecule has 88 valence electrons. The number of rotatable bonds is 3. The number of hydrogen-bond donors (Lipinski definition) is 1. The van der Waals surface area contributed by atoms with Crippen molar-refractivity contribution < 1.29 is 4.74 Å². The number of benzene rings is 1. The third kappa shape index (κ3) is 2.07. The molecule has 1 aliphatic heterocycles. The van der Waals surface area contributed by atoms with Crippen molar-refractivity contribution in [1.29, 1.82) is 0 Å². The standard InChI is InChI=1S/C14H21NO/c1-4-9(2)14(15)11-5-6-13-12(8-11)7-10(3)16-13/h5-6,8-10,14H,4,7,15H2,1-3H3. The van der Waals surface area contributed by atoms with Crippen LogP contribution in [0.1, 0.15) is 44.4 Å². The van der Waals surface area contributed by atoms with Crippen LogP contribution in [0.25, 0.3) is 0 Å². The average Bonchev–Trinajstić information content (AvgIpc) is 2.65. The Hall–Kier alpha value is -1.02. The lowest BCUT2D eigenvalue weighted by Crippen LogP contribution is -2.18. The van der Waals surface area contributed by atoms with E-state index in [1.807, 2.05) is 0 Å². The molecular weight excluding hydrogens is 198 g/mol. The minimum absolute atomic E-state index is 0.145. The maximum absolute atomic E-state index is 6.24. The normalized spacial score (nSPS) is 22.4. The molecule has 16 heavy (non-hydrogen) atoms. The van der Waals surface area contributed by atoms with E-state index >= 15 is 0 Å². The highest BCUT2D eigenvalue weighted by Crippen LogP contribution is 2.32. The highest BCUT2D eigenvalue weighted by atomic mass is 16.5. The minimum atomic E-state index is 0.145. The van der Waals surface area contributed by atoms with Gasteiger partial charge in [0.05, 0.1) is 0 Å². The predicted molar refractivity (Wildman–Crippen MR) is 66.6 cm³/mol. The van der Waals surface area contributed by atoms with Crippen LogP contribution in [-0.2, 0) is 6.42 Å². The largest absolute Gasteiger partial charge is 0.490 e. The van der Waals surface area contributed by atoms with E-state index in [2.05, 4.69) is 39.0 Å². The van der Waals surface area contributed by atoms with Gasteiger partial charge in [-0.25, -0.2) is 0 Å². The Balaban J connectivity index is 2.22. The summed E-state index contributed by atoms with van der Waals surface area (Å²) >= 11 is 0. The van der Waals surface area contributed by atoms with Crippen molar-refractivity contribution in [2.75, 3.05) is 0 Å². The lowest BCUT2D eigenvalue weighted by atomic mass is 9.92. The first kappa shape index (κ1) is 11.5. The fourth-order valence-electron chi connectivity index (χ4n) is 2.23. The van der Waals surface area contributed by atoms with E-state index in [0.29, 0.717) is 12.0 Å². The van der Waals surface area contributed by atoms with E-state index in [4.69, 9.17) is 10.5 Å². The summed E-state index contributed by atoms with van der Waals surface area (Å²) in [7, 11) is 0. The maximum atomic E-state index is 6.24. The molecule has 0 saturated heterocycles. The smallest absolute Gasteiger partial charge is 0.123 e. The third-order valence-corrected chi connectivity index (χ3v) is 3.56. The Labute approximate surface area is 97.8 Å². The zero-order valence-electron chi connectivity index (χ0n) is 10.4. The van der Waals surface area contributed by atoms with Gasteiger partial charge in [0.2, 0.25) is 0 Å². The summed E-state index contributed by atoms with van der Waals surface area (Å²) in [6, 6.07) is 6.53. The molecule has 1 heterocycles. The van der Waals surface area contributed by atoms with Crippen molar-refractivity contribution in [3.05, 3.63) is 29.3 Å². The van der Waals surface area contributed by atoms with Crippen LogP contribution in [-0.4, -0.2) is 6.10 Å². The molecule has 0 amide bonds. The van der Waals surface area contributed by atoms with Gasteiger partial charge in [0.1, 0.15) is 11.9 Å². The number of ether oxygens (including phenoxy) is 1. The number of fused-ring (bicyclic) bond motifs is 1. The van der Waals surface area contributed by atoms with Crippen LogP contribution in [0.2, 0.25) is 0 Å². The molecule has 0 saturated carbocycles. The van der Waals surface area contributed by atoms with Crippen molar-refractivity contribution in [2.24, 2.45) is 11.7 Å². The van der Waals surface area contributed by atoms with Crippen LogP contribution in [0.4, 0.5) is 0 Å². The van der Waals surface area contributed by atoms with Gasteiger partial charge in [0, 0.05) is 12.5 Å². The van der Waals surface area contributed by atoms with Crippen LogP contribution in [0, 0.1) is 5.92 Å². The van der Waals surface area contributed by atoms with Gasteiger partial charge in [-0.3, -0.25) is 0 Å².